The number of piperazine rings is 1. The zero-order valence-corrected chi connectivity index (χ0v) is 9.63. The van der Waals surface area contributed by atoms with Gasteiger partial charge in [0.1, 0.15) is 12.3 Å². The molecule has 1 aromatic carbocycles. The van der Waals surface area contributed by atoms with Crippen LogP contribution in [0.25, 0.3) is 0 Å². The highest BCUT2D eigenvalue weighted by Crippen LogP contribution is 2.21. The Hall–Kier alpha value is -1.82. The van der Waals surface area contributed by atoms with Crippen LogP contribution in [0.5, 0.6) is 5.75 Å². The van der Waals surface area contributed by atoms with Gasteiger partial charge in [0, 0.05) is 29.8 Å². The van der Waals surface area contributed by atoms with Crippen molar-refractivity contribution in [2.45, 2.75) is 6.17 Å². The molecule has 6 heteroatoms. The average molecular weight is 237 g/mol. The molecule has 1 aromatic rings. The van der Waals surface area contributed by atoms with E-state index in [-0.39, 0.29) is 4.92 Å². The van der Waals surface area contributed by atoms with Gasteiger partial charge in [-0.25, -0.2) is 0 Å². The maximum atomic E-state index is 10.7. The molecule has 1 saturated heterocycles. The fraction of sp³-hybridized carbons (Fsp3) is 0.455. The monoisotopic (exact) mass is 237 g/mol. The van der Waals surface area contributed by atoms with Crippen molar-refractivity contribution in [3.8, 4) is 5.75 Å². The molecule has 1 atom stereocenters. The van der Waals surface area contributed by atoms with Crippen LogP contribution in [0.2, 0.25) is 0 Å². The fourth-order valence-corrected chi connectivity index (χ4v) is 1.91. The van der Waals surface area contributed by atoms with Gasteiger partial charge >= 0.3 is 0 Å². The van der Waals surface area contributed by atoms with Gasteiger partial charge in [0.2, 0.25) is 0 Å². The highest BCUT2D eigenvalue weighted by molar-refractivity contribution is 5.51. The van der Waals surface area contributed by atoms with Crippen molar-refractivity contribution < 1.29 is 9.66 Å². The highest BCUT2D eigenvalue weighted by atomic mass is 16.6. The smallest absolute Gasteiger partial charge is 0.283 e. The summed E-state index contributed by atoms with van der Waals surface area (Å²) in [5.74, 6) is 0.763. The van der Waals surface area contributed by atoms with Crippen molar-refractivity contribution in [3.63, 3.8) is 0 Å². The van der Waals surface area contributed by atoms with Crippen LogP contribution in [-0.2, 0) is 0 Å². The average Bonchev–Trinajstić information content (AvgIpc) is 2.39. The molecular formula is C11H15N3O3. The number of nitrogens with zero attached hydrogens (tertiary/aromatic N) is 2. The van der Waals surface area contributed by atoms with Crippen LogP contribution in [0, 0.1) is 10.1 Å². The Morgan fingerprint density at radius 3 is 3.12 bits per heavy atom. The van der Waals surface area contributed by atoms with Crippen molar-refractivity contribution in [2.24, 2.45) is 0 Å². The molecule has 0 bridgehead atoms. The Morgan fingerprint density at radius 2 is 2.41 bits per heavy atom. The lowest BCUT2D eigenvalue weighted by Crippen LogP contribution is -2.54. The molecule has 0 aliphatic carbocycles. The summed E-state index contributed by atoms with van der Waals surface area (Å²) in [6.45, 7) is 1.75. The first kappa shape index (κ1) is 11.7. The normalized spacial score (nSPS) is 20.1. The second-order valence-corrected chi connectivity index (χ2v) is 3.90. The van der Waals surface area contributed by atoms with Crippen LogP contribution in [0.1, 0.15) is 0 Å². The summed E-state index contributed by atoms with van der Waals surface area (Å²) in [6.07, 6.45) is -0.699. The molecule has 2 rings (SSSR count). The van der Waals surface area contributed by atoms with Crippen molar-refractivity contribution in [1.29, 1.82) is 0 Å². The van der Waals surface area contributed by atoms with Gasteiger partial charge in [-0.2, -0.15) is 0 Å². The van der Waals surface area contributed by atoms with E-state index in [2.05, 4.69) is 5.32 Å². The van der Waals surface area contributed by atoms with E-state index in [0.717, 1.165) is 18.0 Å². The third kappa shape index (κ3) is 2.65. The number of hydrogen-bond donors (Lipinski definition) is 1. The molecule has 1 heterocycles. The fourth-order valence-electron chi connectivity index (χ4n) is 1.91. The van der Waals surface area contributed by atoms with E-state index in [1.54, 1.807) is 7.11 Å². The largest absolute Gasteiger partial charge is 0.497 e. The van der Waals surface area contributed by atoms with E-state index in [0.29, 0.717) is 13.1 Å². The van der Waals surface area contributed by atoms with Crippen LogP contribution < -0.4 is 15.0 Å². The molecule has 0 saturated carbocycles. The quantitative estimate of drug-likeness (QED) is 0.619. The Kier molecular flexibility index (Phi) is 3.43. The standard InChI is InChI=1S/C11H15N3O3/c1-17-10-4-2-3-9(7-10)13-6-5-12-11(8-13)14(15)16/h2-4,7,11-12H,5-6,8H2,1H3. The summed E-state index contributed by atoms with van der Waals surface area (Å²) < 4.78 is 5.14. The summed E-state index contributed by atoms with van der Waals surface area (Å²) >= 11 is 0. The number of methoxy groups -OCH3 is 1. The SMILES string of the molecule is COc1cccc(N2CCNC([N+](=O)[O-])C2)c1. The number of benzene rings is 1. The molecule has 17 heavy (non-hydrogen) atoms. The first-order chi connectivity index (χ1) is 8.20. The van der Waals surface area contributed by atoms with E-state index in [1.807, 2.05) is 29.2 Å². The Morgan fingerprint density at radius 1 is 1.59 bits per heavy atom. The van der Waals surface area contributed by atoms with E-state index in [9.17, 15) is 10.1 Å². The first-order valence-electron chi connectivity index (χ1n) is 5.46. The van der Waals surface area contributed by atoms with Crippen LogP contribution in [0.3, 0.4) is 0 Å². The van der Waals surface area contributed by atoms with E-state index < -0.39 is 6.17 Å². The van der Waals surface area contributed by atoms with Crippen molar-refractivity contribution >= 4 is 5.69 Å². The first-order valence-corrected chi connectivity index (χ1v) is 5.46. The second kappa shape index (κ2) is 5.01. The molecule has 1 aliphatic heterocycles. The summed E-state index contributed by atoms with van der Waals surface area (Å²) in [4.78, 5) is 12.5. The van der Waals surface area contributed by atoms with Gasteiger partial charge in [0.15, 0.2) is 0 Å². The van der Waals surface area contributed by atoms with Gasteiger partial charge in [-0.15, -0.1) is 0 Å². The van der Waals surface area contributed by atoms with Crippen LogP contribution in [0.15, 0.2) is 24.3 Å². The zero-order valence-electron chi connectivity index (χ0n) is 9.63. The lowest BCUT2D eigenvalue weighted by atomic mass is 10.2. The molecule has 92 valence electrons. The molecule has 1 fully saturated rings. The molecule has 1 unspecified atom stereocenters. The number of rotatable bonds is 3. The predicted octanol–water partition coefficient (Wildman–Crippen LogP) is 0.708. The number of ether oxygens (including phenoxy) is 1. The number of nitro groups is 1. The van der Waals surface area contributed by atoms with Crippen LogP contribution in [0.4, 0.5) is 5.69 Å². The molecule has 0 amide bonds. The third-order valence-corrected chi connectivity index (χ3v) is 2.83. The molecule has 6 nitrogen and oxygen atoms in total. The minimum Gasteiger partial charge on any atom is -0.497 e. The summed E-state index contributed by atoms with van der Waals surface area (Å²) in [5, 5.41) is 13.6. The Balaban J connectivity index is 2.13. The predicted molar refractivity (Wildman–Crippen MR) is 64.0 cm³/mol. The Bertz CT molecular complexity index is 411. The number of nitrogens with one attached hydrogen (secondary N) is 1. The van der Waals surface area contributed by atoms with Gasteiger partial charge in [-0.05, 0) is 12.1 Å². The minimum atomic E-state index is -0.699. The van der Waals surface area contributed by atoms with Gasteiger partial charge in [0.25, 0.3) is 6.17 Å². The lowest BCUT2D eigenvalue weighted by Gasteiger charge is -2.31. The van der Waals surface area contributed by atoms with Gasteiger partial charge in [0.05, 0.1) is 7.11 Å². The molecule has 1 aliphatic rings. The van der Waals surface area contributed by atoms with E-state index in [4.69, 9.17) is 4.74 Å². The molecule has 0 radical (unpaired) electrons. The van der Waals surface area contributed by atoms with Gasteiger partial charge in [-0.1, -0.05) is 6.07 Å². The number of anilines is 1. The maximum Gasteiger partial charge on any atom is 0.283 e. The molecular weight excluding hydrogens is 222 g/mol. The third-order valence-electron chi connectivity index (χ3n) is 2.83. The Labute approximate surface area is 99.3 Å². The van der Waals surface area contributed by atoms with Gasteiger partial charge < -0.3 is 9.64 Å². The zero-order chi connectivity index (χ0) is 12.3. The second-order valence-electron chi connectivity index (χ2n) is 3.90. The number of hydrogen-bond acceptors (Lipinski definition) is 5. The van der Waals surface area contributed by atoms with Crippen LogP contribution >= 0.6 is 0 Å². The van der Waals surface area contributed by atoms with E-state index in [1.165, 1.54) is 0 Å². The molecule has 0 aromatic heterocycles. The van der Waals surface area contributed by atoms with Gasteiger partial charge in [-0.3, -0.25) is 15.4 Å². The maximum absolute atomic E-state index is 10.7. The van der Waals surface area contributed by atoms with Crippen LogP contribution in [-0.4, -0.2) is 37.8 Å². The minimum absolute atomic E-state index is 0.285. The summed E-state index contributed by atoms with van der Waals surface area (Å²) in [7, 11) is 1.61. The molecule has 0 spiro atoms. The highest BCUT2D eigenvalue weighted by Gasteiger charge is 2.27. The lowest BCUT2D eigenvalue weighted by molar-refractivity contribution is -0.527. The van der Waals surface area contributed by atoms with Crippen molar-refractivity contribution in [2.75, 3.05) is 31.6 Å². The topological polar surface area (TPSA) is 67.6 Å². The van der Waals surface area contributed by atoms with Crippen molar-refractivity contribution in [1.82, 2.24) is 5.32 Å². The van der Waals surface area contributed by atoms with Crippen molar-refractivity contribution in [3.05, 3.63) is 34.4 Å². The summed E-state index contributed by atoms with van der Waals surface area (Å²) in [6, 6.07) is 7.57. The molecule has 1 N–H and O–H groups in total. The summed E-state index contributed by atoms with van der Waals surface area (Å²) in [5.41, 5.74) is 0.956. The van der Waals surface area contributed by atoms with E-state index >= 15 is 0 Å².